The lowest BCUT2D eigenvalue weighted by atomic mass is 10.1. The molecular weight excluding hydrogens is 228 g/mol. The molecule has 5 nitrogen and oxygen atoms in total. The molecule has 0 bridgehead atoms. The molecule has 1 aliphatic rings. The minimum atomic E-state index is -0.907. The van der Waals surface area contributed by atoms with Crippen molar-refractivity contribution in [3.8, 4) is 0 Å². The molecule has 3 amide bonds. The van der Waals surface area contributed by atoms with Gasteiger partial charge in [0.2, 0.25) is 5.91 Å². The van der Waals surface area contributed by atoms with E-state index >= 15 is 0 Å². The van der Waals surface area contributed by atoms with Crippen LogP contribution in [0.2, 0.25) is 0 Å². The minimum Gasteiger partial charge on any atom is -0.360 e. The Morgan fingerprint density at radius 2 is 2.17 bits per heavy atom. The first-order chi connectivity index (χ1) is 5.48. The van der Waals surface area contributed by atoms with Crippen LogP contribution in [0.4, 0.5) is 4.79 Å². The van der Waals surface area contributed by atoms with Crippen LogP contribution >= 0.6 is 15.9 Å². The second kappa shape index (κ2) is 3.02. The van der Waals surface area contributed by atoms with Crippen molar-refractivity contribution < 1.29 is 14.3 Å². The maximum Gasteiger partial charge on any atom is 0.323 e. The van der Waals surface area contributed by atoms with Gasteiger partial charge in [0.1, 0.15) is 4.32 Å². The van der Waals surface area contributed by atoms with E-state index in [9.17, 15) is 9.59 Å². The molecule has 6 heteroatoms. The highest BCUT2D eigenvalue weighted by Gasteiger charge is 2.44. The van der Waals surface area contributed by atoms with Crippen LogP contribution in [0.15, 0.2) is 0 Å². The third-order valence-electron chi connectivity index (χ3n) is 1.66. The molecule has 0 radical (unpaired) electrons. The Morgan fingerprint density at radius 3 is 2.67 bits per heavy atom. The number of halogens is 1. The first-order valence-corrected chi connectivity index (χ1v) is 4.11. The fourth-order valence-electron chi connectivity index (χ4n) is 0.915. The van der Waals surface area contributed by atoms with E-state index in [-0.39, 0.29) is 0 Å². The van der Waals surface area contributed by atoms with Crippen molar-refractivity contribution in [1.82, 2.24) is 10.6 Å². The Balaban J connectivity index is 2.85. The Morgan fingerprint density at radius 1 is 1.58 bits per heavy atom. The van der Waals surface area contributed by atoms with Gasteiger partial charge in [-0.25, -0.2) is 4.79 Å². The fraction of sp³-hybridized carbons (Fsp3) is 0.667. The Kier molecular flexibility index (Phi) is 2.39. The van der Waals surface area contributed by atoms with Crippen molar-refractivity contribution in [2.24, 2.45) is 0 Å². The smallest absolute Gasteiger partial charge is 0.323 e. The number of hydrogen-bond acceptors (Lipinski definition) is 3. The normalized spacial score (nSPS) is 35.8. The lowest BCUT2D eigenvalue weighted by molar-refractivity contribution is -0.127. The number of urea groups is 1. The fourth-order valence-corrected chi connectivity index (χ4v) is 1.32. The van der Waals surface area contributed by atoms with E-state index in [0.29, 0.717) is 0 Å². The van der Waals surface area contributed by atoms with Gasteiger partial charge in [0.05, 0.1) is 0 Å². The number of carbonyl (C=O) groups excluding carboxylic acids is 2. The van der Waals surface area contributed by atoms with Crippen molar-refractivity contribution in [2.75, 3.05) is 7.11 Å². The molecule has 0 aromatic heterocycles. The van der Waals surface area contributed by atoms with Gasteiger partial charge in [0, 0.05) is 7.11 Å². The monoisotopic (exact) mass is 236 g/mol. The Labute approximate surface area is 78.0 Å². The van der Waals surface area contributed by atoms with Gasteiger partial charge < -0.3 is 10.1 Å². The molecule has 1 heterocycles. The zero-order valence-corrected chi connectivity index (χ0v) is 8.27. The van der Waals surface area contributed by atoms with Gasteiger partial charge >= 0.3 is 6.03 Å². The van der Waals surface area contributed by atoms with Gasteiger partial charge in [0.15, 0.2) is 6.23 Å². The summed E-state index contributed by atoms with van der Waals surface area (Å²) in [5.41, 5.74) is 0. The van der Waals surface area contributed by atoms with Crippen LogP contribution in [-0.2, 0) is 9.53 Å². The van der Waals surface area contributed by atoms with Gasteiger partial charge in [-0.15, -0.1) is 0 Å². The highest BCUT2D eigenvalue weighted by atomic mass is 79.9. The van der Waals surface area contributed by atoms with Gasteiger partial charge in [-0.1, -0.05) is 15.9 Å². The van der Waals surface area contributed by atoms with E-state index in [4.69, 9.17) is 4.74 Å². The SMILES string of the molecule is COC1NC(=O)NC(=O)C1(C)Br. The van der Waals surface area contributed by atoms with Crippen molar-refractivity contribution in [1.29, 1.82) is 0 Å². The van der Waals surface area contributed by atoms with Gasteiger partial charge in [-0.3, -0.25) is 10.1 Å². The summed E-state index contributed by atoms with van der Waals surface area (Å²) in [7, 11) is 1.42. The molecule has 2 atom stereocenters. The maximum atomic E-state index is 11.2. The van der Waals surface area contributed by atoms with Crippen LogP contribution in [0, 0.1) is 0 Å². The van der Waals surface area contributed by atoms with Crippen LogP contribution in [0.3, 0.4) is 0 Å². The quantitative estimate of drug-likeness (QED) is 0.628. The molecule has 0 spiro atoms. The van der Waals surface area contributed by atoms with Gasteiger partial charge in [-0.05, 0) is 6.92 Å². The standard InChI is InChI=1S/C6H9BrN2O3/c1-6(7)3(10)8-5(11)9-4(6)12-2/h4H,1-2H3,(H2,8,9,10,11). The Hall–Kier alpha value is -0.620. The van der Waals surface area contributed by atoms with Crippen LogP contribution < -0.4 is 10.6 Å². The molecule has 0 aromatic carbocycles. The van der Waals surface area contributed by atoms with Crippen LogP contribution in [0.1, 0.15) is 6.92 Å². The van der Waals surface area contributed by atoms with Crippen LogP contribution in [-0.4, -0.2) is 29.6 Å². The summed E-state index contributed by atoms with van der Waals surface area (Å²) >= 11 is 3.16. The van der Waals surface area contributed by atoms with E-state index in [1.54, 1.807) is 6.92 Å². The molecule has 12 heavy (non-hydrogen) atoms. The summed E-state index contributed by atoms with van der Waals surface area (Å²) < 4.78 is 4.00. The van der Waals surface area contributed by atoms with Crippen LogP contribution in [0.25, 0.3) is 0 Å². The summed E-state index contributed by atoms with van der Waals surface area (Å²) in [6.07, 6.45) is -0.640. The number of carbonyl (C=O) groups is 2. The van der Waals surface area contributed by atoms with E-state index in [2.05, 4.69) is 26.6 Å². The summed E-state index contributed by atoms with van der Waals surface area (Å²) in [5, 5.41) is 4.56. The number of nitrogens with one attached hydrogen (secondary N) is 2. The molecule has 0 aromatic rings. The van der Waals surface area contributed by atoms with E-state index in [1.807, 2.05) is 0 Å². The average molecular weight is 237 g/mol. The number of imide groups is 1. The molecule has 1 saturated heterocycles. The summed E-state index contributed by atoms with van der Waals surface area (Å²) in [4.78, 5) is 22.0. The molecule has 2 unspecified atom stereocenters. The molecule has 68 valence electrons. The second-order valence-corrected chi connectivity index (χ2v) is 4.27. The first-order valence-electron chi connectivity index (χ1n) is 3.32. The van der Waals surface area contributed by atoms with E-state index in [1.165, 1.54) is 7.11 Å². The van der Waals surface area contributed by atoms with Crippen molar-refractivity contribution in [3.05, 3.63) is 0 Å². The molecule has 0 aliphatic carbocycles. The molecule has 1 fully saturated rings. The number of ether oxygens (including phenoxy) is 1. The van der Waals surface area contributed by atoms with Crippen LogP contribution in [0.5, 0.6) is 0 Å². The molecule has 2 N–H and O–H groups in total. The minimum absolute atomic E-state index is 0.405. The summed E-state index contributed by atoms with van der Waals surface area (Å²) in [5.74, 6) is -0.405. The summed E-state index contributed by atoms with van der Waals surface area (Å²) in [6, 6.07) is -0.538. The van der Waals surface area contributed by atoms with Crippen molar-refractivity contribution in [2.45, 2.75) is 17.5 Å². The van der Waals surface area contributed by atoms with E-state index in [0.717, 1.165) is 0 Å². The maximum absolute atomic E-state index is 11.2. The molecule has 0 saturated carbocycles. The zero-order chi connectivity index (χ0) is 9.35. The van der Waals surface area contributed by atoms with Gasteiger partial charge in [0.25, 0.3) is 0 Å². The zero-order valence-electron chi connectivity index (χ0n) is 6.68. The highest BCUT2D eigenvalue weighted by molar-refractivity contribution is 9.10. The second-order valence-electron chi connectivity index (χ2n) is 2.62. The number of rotatable bonds is 1. The predicted octanol–water partition coefficient (Wildman–Crippen LogP) is -0.0481. The predicted molar refractivity (Wildman–Crippen MR) is 44.8 cm³/mol. The number of methoxy groups -OCH3 is 1. The molecular formula is C6H9BrN2O3. The third-order valence-corrected chi connectivity index (χ3v) is 2.44. The Bertz CT molecular complexity index is 229. The molecule has 1 rings (SSSR count). The third kappa shape index (κ3) is 1.44. The topological polar surface area (TPSA) is 67.4 Å². The van der Waals surface area contributed by atoms with Crippen molar-refractivity contribution in [3.63, 3.8) is 0 Å². The average Bonchev–Trinajstić information content (AvgIpc) is 1.97. The largest absolute Gasteiger partial charge is 0.360 e. The number of amides is 3. The van der Waals surface area contributed by atoms with Crippen molar-refractivity contribution >= 4 is 27.9 Å². The lowest BCUT2D eigenvalue weighted by Gasteiger charge is -2.34. The van der Waals surface area contributed by atoms with E-state index < -0.39 is 22.5 Å². The highest BCUT2D eigenvalue weighted by Crippen LogP contribution is 2.24. The summed E-state index contributed by atoms with van der Waals surface area (Å²) in [6.45, 7) is 1.62. The number of alkyl halides is 1. The number of hydrogen-bond donors (Lipinski definition) is 2. The molecule has 1 aliphatic heterocycles. The first kappa shape index (κ1) is 9.47. The lowest BCUT2D eigenvalue weighted by Crippen LogP contribution is -2.65. The van der Waals surface area contributed by atoms with Gasteiger partial charge in [-0.2, -0.15) is 0 Å².